The van der Waals surface area contributed by atoms with E-state index in [4.69, 9.17) is 0 Å². The van der Waals surface area contributed by atoms with Gasteiger partial charge in [-0.25, -0.2) is 0 Å². The van der Waals surface area contributed by atoms with Crippen LogP contribution in [0.4, 0.5) is 0 Å². The van der Waals surface area contributed by atoms with Gasteiger partial charge in [0, 0.05) is 12.6 Å². The van der Waals surface area contributed by atoms with Crippen molar-refractivity contribution < 1.29 is 5.11 Å². The summed E-state index contributed by atoms with van der Waals surface area (Å²) in [6.07, 6.45) is 6.04. The second-order valence-electron chi connectivity index (χ2n) is 5.56. The Hall–Kier alpha value is -0.860. The van der Waals surface area contributed by atoms with E-state index < -0.39 is 5.60 Å². The van der Waals surface area contributed by atoms with Crippen molar-refractivity contribution in [2.24, 2.45) is 0 Å². The summed E-state index contributed by atoms with van der Waals surface area (Å²) in [4.78, 5) is 2.50. The molecule has 3 rings (SSSR count). The lowest BCUT2D eigenvalue weighted by atomic mass is 9.80. The molecule has 2 atom stereocenters. The van der Waals surface area contributed by atoms with Gasteiger partial charge in [0.25, 0.3) is 0 Å². The summed E-state index contributed by atoms with van der Waals surface area (Å²) in [6, 6.07) is 10.9. The van der Waals surface area contributed by atoms with Gasteiger partial charge in [-0.05, 0) is 37.8 Å². The van der Waals surface area contributed by atoms with Crippen LogP contribution < -0.4 is 0 Å². The van der Waals surface area contributed by atoms with Crippen LogP contribution in [0.15, 0.2) is 30.3 Å². The molecule has 0 radical (unpaired) electrons. The molecule has 0 unspecified atom stereocenters. The van der Waals surface area contributed by atoms with E-state index in [0.717, 1.165) is 31.0 Å². The van der Waals surface area contributed by atoms with E-state index in [0.29, 0.717) is 0 Å². The van der Waals surface area contributed by atoms with E-state index in [2.05, 4.69) is 17.0 Å². The highest BCUT2D eigenvalue weighted by Gasteiger charge is 2.39. The average Bonchev–Trinajstić information content (AvgIpc) is 2.40. The molecular formula is C15H21NO. The molecule has 2 fully saturated rings. The van der Waals surface area contributed by atoms with Gasteiger partial charge in [0.2, 0.25) is 0 Å². The van der Waals surface area contributed by atoms with Crippen molar-refractivity contribution >= 4 is 0 Å². The number of hydrogen-bond acceptors (Lipinski definition) is 2. The maximum atomic E-state index is 10.8. The summed E-state index contributed by atoms with van der Waals surface area (Å²) in [6.45, 7) is 1.99. The van der Waals surface area contributed by atoms with E-state index in [1.54, 1.807) is 0 Å². The molecule has 2 nitrogen and oxygen atoms in total. The van der Waals surface area contributed by atoms with Crippen LogP contribution in [0.3, 0.4) is 0 Å². The van der Waals surface area contributed by atoms with Crippen LogP contribution >= 0.6 is 0 Å². The second-order valence-corrected chi connectivity index (χ2v) is 5.56. The highest BCUT2D eigenvalue weighted by molar-refractivity contribution is 5.23. The van der Waals surface area contributed by atoms with Gasteiger partial charge >= 0.3 is 0 Å². The van der Waals surface area contributed by atoms with E-state index in [1.165, 1.54) is 25.8 Å². The van der Waals surface area contributed by atoms with Gasteiger partial charge < -0.3 is 5.11 Å². The minimum Gasteiger partial charge on any atom is -0.384 e. The summed E-state index contributed by atoms with van der Waals surface area (Å²) >= 11 is 0. The molecule has 17 heavy (non-hydrogen) atoms. The van der Waals surface area contributed by atoms with Crippen molar-refractivity contribution in [2.45, 2.75) is 43.7 Å². The fourth-order valence-corrected chi connectivity index (χ4v) is 3.40. The normalized spacial score (nSPS) is 34.3. The van der Waals surface area contributed by atoms with Gasteiger partial charge in [0.05, 0.1) is 0 Å². The standard InChI is InChI=1S/C15H21NO/c17-15(13-6-2-1-3-7-13)10-9-14-8-4-5-11-16(14)12-15/h1-3,6-7,14,17H,4-5,8-12H2/t14-,15+/m0/s1. The number of aliphatic hydroxyl groups is 1. The second kappa shape index (κ2) is 4.43. The third kappa shape index (κ3) is 2.12. The fraction of sp³-hybridized carbons (Fsp3) is 0.600. The molecule has 0 spiro atoms. The van der Waals surface area contributed by atoms with Gasteiger partial charge in [-0.3, -0.25) is 4.90 Å². The van der Waals surface area contributed by atoms with Crippen LogP contribution in [0.1, 0.15) is 37.7 Å². The zero-order valence-electron chi connectivity index (χ0n) is 10.3. The van der Waals surface area contributed by atoms with Crippen molar-refractivity contribution in [3.8, 4) is 0 Å². The monoisotopic (exact) mass is 231 g/mol. The summed E-state index contributed by atoms with van der Waals surface area (Å²) in [5.74, 6) is 0. The maximum absolute atomic E-state index is 10.8. The van der Waals surface area contributed by atoms with Crippen molar-refractivity contribution in [1.82, 2.24) is 4.90 Å². The zero-order chi connectivity index (χ0) is 11.7. The SMILES string of the molecule is O[C@]1(c2ccccc2)CC[C@@H]2CCCCN2C1. The first-order chi connectivity index (χ1) is 8.28. The first-order valence-electron chi connectivity index (χ1n) is 6.80. The van der Waals surface area contributed by atoms with Crippen molar-refractivity contribution in [3.63, 3.8) is 0 Å². The predicted molar refractivity (Wildman–Crippen MR) is 68.8 cm³/mol. The molecule has 0 aromatic heterocycles. The van der Waals surface area contributed by atoms with Gasteiger partial charge in [-0.2, -0.15) is 0 Å². The lowest BCUT2D eigenvalue weighted by Crippen LogP contribution is -2.52. The number of benzene rings is 1. The topological polar surface area (TPSA) is 23.5 Å². The number of piperidine rings is 2. The number of hydrogen-bond donors (Lipinski definition) is 1. The maximum Gasteiger partial charge on any atom is 0.102 e. The van der Waals surface area contributed by atoms with Crippen LogP contribution in [0.5, 0.6) is 0 Å². The zero-order valence-corrected chi connectivity index (χ0v) is 10.3. The summed E-state index contributed by atoms with van der Waals surface area (Å²) in [7, 11) is 0. The molecule has 2 aliphatic rings. The molecule has 2 saturated heterocycles. The van der Waals surface area contributed by atoms with Gasteiger partial charge in [-0.1, -0.05) is 36.8 Å². The highest BCUT2D eigenvalue weighted by Crippen LogP contribution is 2.37. The molecule has 1 aromatic rings. The lowest BCUT2D eigenvalue weighted by Gasteiger charge is -2.46. The molecule has 0 bridgehead atoms. The van der Waals surface area contributed by atoms with E-state index in [1.807, 2.05) is 18.2 Å². The van der Waals surface area contributed by atoms with E-state index in [-0.39, 0.29) is 0 Å². The van der Waals surface area contributed by atoms with Crippen molar-refractivity contribution in [1.29, 1.82) is 0 Å². The molecule has 2 heteroatoms. The Kier molecular flexibility index (Phi) is 2.93. The molecule has 2 heterocycles. The van der Waals surface area contributed by atoms with Crippen molar-refractivity contribution in [3.05, 3.63) is 35.9 Å². The highest BCUT2D eigenvalue weighted by atomic mass is 16.3. The van der Waals surface area contributed by atoms with Crippen LogP contribution in [0, 0.1) is 0 Å². The van der Waals surface area contributed by atoms with E-state index in [9.17, 15) is 5.11 Å². The van der Waals surface area contributed by atoms with Crippen LogP contribution in [0.2, 0.25) is 0 Å². The third-order valence-corrected chi connectivity index (χ3v) is 4.42. The fourth-order valence-electron chi connectivity index (χ4n) is 3.40. The molecule has 1 aromatic carbocycles. The molecule has 92 valence electrons. The molecule has 0 saturated carbocycles. The van der Waals surface area contributed by atoms with Crippen LogP contribution in [0.25, 0.3) is 0 Å². The van der Waals surface area contributed by atoms with Gasteiger partial charge in [-0.15, -0.1) is 0 Å². The predicted octanol–water partition coefficient (Wildman–Crippen LogP) is 2.52. The molecular weight excluding hydrogens is 210 g/mol. The largest absolute Gasteiger partial charge is 0.384 e. The average molecular weight is 231 g/mol. The summed E-state index contributed by atoms with van der Waals surface area (Å²) in [5.41, 5.74) is 0.471. The number of rotatable bonds is 1. The Morgan fingerprint density at radius 2 is 1.94 bits per heavy atom. The smallest absolute Gasteiger partial charge is 0.102 e. The lowest BCUT2D eigenvalue weighted by molar-refractivity contribution is -0.0661. The molecule has 2 aliphatic heterocycles. The minimum atomic E-state index is -0.616. The summed E-state index contributed by atoms with van der Waals surface area (Å²) < 4.78 is 0. The first kappa shape index (κ1) is 11.2. The third-order valence-electron chi connectivity index (χ3n) is 4.42. The first-order valence-corrected chi connectivity index (χ1v) is 6.80. The Bertz CT molecular complexity index is 378. The molecule has 0 aliphatic carbocycles. The Morgan fingerprint density at radius 1 is 1.12 bits per heavy atom. The van der Waals surface area contributed by atoms with Crippen molar-refractivity contribution in [2.75, 3.05) is 13.1 Å². The summed E-state index contributed by atoms with van der Waals surface area (Å²) in [5, 5.41) is 10.8. The quantitative estimate of drug-likeness (QED) is 0.803. The number of fused-ring (bicyclic) bond motifs is 1. The molecule has 1 N–H and O–H groups in total. The Balaban J connectivity index is 1.80. The Morgan fingerprint density at radius 3 is 2.76 bits per heavy atom. The van der Waals surface area contributed by atoms with Crippen LogP contribution in [-0.4, -0.2) is 29.1 Å². The van der Waals surface area contributed by atoms with Gasteiger partial charge in [0.1, 0.15) is 5.60 Å². The number of nitrogens with zero attached hydrogens (tertiary/aromatic N) is 1. The Labute approximate surface area is 103 Å². The van der Waals surface area contributed by atoms with Crippen LogP contribution in [-0.2, 0) is 5.60 Å². The molecule has 0 amide bonds. The van der Waals surface area contributed by atoms with Gasteiger partial charge in [0.15, 0.2) is 0 Å². The minimum absolute atomic E-state index is 0.616. The van der Waals surface area contributed by atoms with E-state index >= 15 is 0 Å².